The summed E-state index contributed by atoms with van der Waals surface area (Å²) in [6.45, 7) is 6.98. The first-order chi connectivity index (χ1) is 9.66. The molecule has 0 bridgehead atoms. The molecule has 2 unspecified atom stereocenters. The van der Waals surface area contributed by atoms with Gasteiger partial charge >= 0.3 is 0 Å². The van der Waals surface area contributed by atoms with Gasteiger partial charge in [0.25, 0.3) is 0 Å². The Hall–Kier alpha value is -1.26. The fourth-order valence-electron chi connectivity index (χ4n) is 3.22. The van der Waals surface area contributed by atoms with E-state index in [1.54, 1.807) is 0 Å². The lowest BCUT2D eigenvalue weighted by Crippen LogP contribution is -2.35. The van der Waals surface area contributed by atoms with Crippen LogP contribution in [0.5, 0.6) is 11.5 Å². The summed E-state index contributed by atoms with van der Waals surface area (Å²) in [4.78, 5) is 2.48. The number of benzene rings is 1. The number of nitrogens with two attached hydrogens (primary N) is 1. The van der Waals surface area contributed by atoms with E-state index < -0.39 is 0 Å². The molecule has 1 aromatic rings. The van der Waals surface area contributed by atoms with Crippen molar-refractivity contribution in [3.8, 4) is 11.5 Å². The zero-order chi connectivity index (χ0) is 14.1. The lowest BCUT2D eigenvalue weighted by molar-refractivity contribution is 0.197. The third-order valence-corrected chi connectivity index (χ3v) is 4.26. The zero-order valence-electron chi connectivity index (χ0n) is 12.3. The molecule has 2 atom stereocenters. The standard InChI is InChI=1S/C16H24N2O2/c1-11(2)18-7-6-13(17)16(18)12-4-5-14-15(10-12)20-9-3-8-19-14/h4-5,10-11,13,16H,3,6-9,17H2,1-2H3. The van der Waals surface area contributed by atoms with E-state index in [9.17, 15) is 0 Å². The number of likely N-dealkylation sites (tertiary alicyclic amines) is 1. The van der Waals surface area contributed by atoms with Gasteiger partial charge in [-0.3, -0.25) is 4.90 Å². The van der Waals surface area contributed by atoms with Crippen molar-refractivity contribution < 1.29 is 9.47 Å². The van der Waals surface area contributed by atoms with Crippen LogP contribution in [0.1, 0.15) is 38.3 Å². The summed E-state index contributed by atoms with van der Waals surface area (Å²) in [7, 11) is 0. The summed E-state index contributed by atoms with van der Waals surface area (Å²) in [5.41, 5.74) is 7.58. The van der Waals surface area contributed by atoms with E-state index in [1.165, 1.54) is 5.56 Å². The molecule has 110 valence electrons. The number of nitrogens with zero attached hydrogens (tertiary/aromatic N) is 1. The second-order valence-electron chi connectivity index (χ2n) is 5.99. The molecule has 0 aliphatic carbocycles. The highest BCUT2D eigenvalue weighted by Crippen LogP contribution is 2.38. The van der Waals surface area contributed by atoms with Crippen molar-refractivity contribution in [2.24, 2.45) is 5.73 Å². The van der Waals surface area contributed by atoms with E-state index in [-0.39, 0.29) is 12.1 Å². The maximum Gasteiger partial charge on any atom is 0.161 e. The Morgan fingerprint density at radius 3 is 2.70 bits per heavy atom. The Labute approximate surface area is 120 Å². The Bertz CT molecular complexity index is 476. The second kappa shape index (κ2) is 5.62. The van der Waals surface area contributed by atoms with Crippen LogP contribution in [-0.4, -0.2) is 36.7 Å². The van der Waals surface area contributed by atoms with Crippen molar-refractivity contribution in [1.82, 2.24) is 4.90 Å². The van der Waals surface area contributed by atoms with Crippen LogP contribution >= 0.6 is 0 Å². The number of hydrogen-bond donors (Lipinski definition) is 1. The van der Waals surface area contributed by atoms with Crippen molar-refractivity contribution in [2.75, 3.05) is 19.8 Å². The van der Waals surface area contributed by atoms with Gasteiger partial charge in [-0.2, -0.15) is 0 Å². The molecule has 4 heteroatoms. The van der Waals surface area contributed by atoms with Gasteiger partial charge in [-0.05, 0) is 38.0 Å². The third-order valence-electron chi connectivity index (χ3n) is 4.26. The molecule has 3 rings (SSSR count). The minimum Gasteiger partial charge on any atom is -0.490 e. The first kappa shape index (κ1) is 13.7. The Balaban J connectivity index is 1.91. The first-order valence-electron chi connectivity index (χ1n) is 7.57. The van der Waals surface area contributed by atoms with Crippen LogP contribution in [0.3, 0.4) is 0 Å². The van der Waals surface area contributed by atoms with Gasteiger partial charge in [-0.1, -0.05) is 6.07 Å². The Morgan fingerprint density at radius 1 is 1.20 bits per heavy atom. The molecular formula is C16H24N2O2. The van der Waals surface area contributed by atoms with Crippen LogP contribution in [0.2, 0.25) is 0 Å². The van der Waals surface area contributed by atoms with Gasteiger partial charge in [0.05, 0.1) is 19.3 Å². The van der Waals surface area contributed by atoms with Crippen molar-refractivity contribution in [2.45, 2.75) is 44.8 Å². The third kappa shape index (κ3) is 2.50. The monoisotopic (exact) mass is 276 g/mol. The number of ether oxygens (including phenoxy) is 2. The summed E-state index contributed by atoms with van der Waals surface area (Å²) < 4.78 is 11.5. The summed E-state index contributed by atoms with van der Waals surface area (Å²) in [6.07, 6.45) is 1.99. The molecule has 2 N–H and O–H groups in total. The van der Waals surface area contributed by atoms with Crippen molar-refractivity contribution in [3.05, 3.63) is 23.8 Å². The molecule has 2 heterocycles. The molecule has 0 radical (unpaired) electrons. The molecule has 1 fully saturated rings. The number of fused-ring (bicyclic) bond motifs is 1. The predicted octanol–water partition coefficient (Wildman–Crippen LogP) is 2.33. The Morgan fingerprint density at radius 2 is 1.95 bits per heavy atom. The van der Waals surface area contributed by atoms with Crippen molar-refractivity contribution >= 4 is 0 Å². The van der Waals surface area contributed by atoms with Gasteiger partial charge in [0, 0.05) is 25.0 Å². The smallest absolute Gasteiger partial charge is 0.161 e. The minimum absolute atomic E-state index is 0.196. The fourth-order valence-corrected chi connectivity index (χ4v) is 3.22. The molecule has 4 nitrogen and oxygen atoms in total. The summed E-state index contributed by atoms with van der Waals surface area (Å²) >= 11 is 0. The highest BCUT2D eigenvalue weighted by Gasteiger charge is 2.34. The maximum atomic E-state index is 6.33. The average Bonchev–Trinajstić information content (AvgIpc) is 2.68. The molecule has 0 amide bonds. The van der Waals surface area contributed by atoms with E-state index in [0.717, 1.165) is 44.1 Å². The normalized spacial score (nSPS) is 26.8. The minimum atomic E-state index is 0.196. The van der Waals surface area contributed by atoms with Gasteiger partial charge in [-0.15, -0.1) is 0 Å². The topological polar surface area (TPSA) is 47.7 Å². The molecule has 0 aromatic heterocycles. The summed E-state index contributed by atoms with van der Waals surface area (Å²) in [5, 5.41) is 0. The van der Waals surface area contributed by atoms with Gasteiger partial charge in [0.15, 0.2) is 11.5 Å². The molecular weight excluding hydrogens is 252 g/mol. The predicted molar refractivity (Wildman–Crippen MR) is 79.2 cm³/mol. The maximum absolute atomic E-state index is 6.33. The van der Waals surface area contributed by atoms with E-state index >= 15 is 0 Å². The Kier molecular flexibility index (Phi) is 3.85. The molecule has 0 spiro atoms. The quantitative estimate of drug-likeness (QED) is 0.900. The van der Waals surface area contributed by atoms with Crippen LogP contribution in [0.4, 0.5) is 0 Å². The zero-order valence-corrected chi connectivity index (χ0v) is 12.3. The van der Waals surface area contributed by atoms with E-state index in [1.807, 2.05) is 6.07 Å². The van der Waals surface area contributed by atoms with E-state index in [4.69, 9.17) is 15.2 Å². The molecule has 1 aromatic carbocycles. The van der Waals surface area contributed by atoms with Crippen LogP contribution in [0, 0.1) is 0 Å². The summed E-state index contributed by atoms with van der Waals surface area (Å²) in [6, 6.07) is 7.27. The van der Waals surface area contributed by atoms with Gasteiger partial charge in [-0.25, -0.2) is 0 Å². The SMILES string of the molecule is CC(C)N1CCC(N)C1c1ccc2c(c1)OCCCO2. The van der Waals surface area contributed by atoms with Crippen LogP contribution in [-0.2, 0) is 0 Å². The number of hydrogen-bond acceptors (Lipinski definition) is 4. The van der Waals surface area contributed by atoms with Crippen LogP contribution < -0.4 is 15.2 Å². The van der Waals surface area contributed by atoms with E-state index in [2.05, 4.69) is 30.9 Å². The van der Waals surface area contributed by atoms with Gasteiger partial charge < -0.3 is 15.2 Å². The highest BCUT2D eigenvalue weighted by atomic mass is 16.5. The van der Waals surface area contributed by atoms with Crippen molar-refractivity contribution in [1.29, 1.82) is 0 Å². The first-order valence-corrected chi connectivity index (χ1v) is 7.57. The fraction of sp³-hybridized carbons (Fsp3) is 0.625. The molecule has 2 aliphatic rings. The second-order valence-corrected chi connectivity index (χ2v) is 5.99. The molecule has 0 saturated carbocycles. The average molecular weight is 276 g/mol. The van der Waals surface area contributed by atoms with Crippen LogP contribution in [0.15, 0.2) is 18.2 Å². The van der Waals surface area contributed by atoms with E-state index in [0.29, 0.717) is 6.04 Å². The largest absolute Gasteiger partial charge is 0.490 e. The van der Waals surface area contributed by atoms with Gasteiger partial charge in [0.2, 0.25) is 0 Å². The van der Waals surface area contributed by atoms with Crippen molar-refractivity contribution in [3.63, 3.8) is 0 Å². The summed E-state index contributed by atoms with van der Waals surface area (Å²) in [5.74, 6) is 1.72. The number of rotatable bonds is 2. The molecule has 1 saturated heterocycles. The van der Waals surface area contributed by atoms with Gasteiger partial charge in [0.1, 0.15) is 0 Å². The molecule has 20 heavy (non-hydrogen) atoms. The lowest BCUT2D eigenvalue weighted by Gasteiger charge is -2.30. The van der Waals surface area contributed by atoms with Crippen LogP contribution in [0.25, 0.3) is 0 Å². The molecule has 2 aliphatic heterocycles. The highest BCUT2D eigenvalue weighted by molar-refractivity contribution is 5.44. The lowest BCUT2D eigenvalue weighted by atomic mass is 9.99.